The number of thiazole rings is 1. The van der Waals surface area contributed by atoms with Crippen molar-refractivity contribution >= 4 is 41.3 Å². The van der Waals surface area contributed by atoms with Gasteiger partial charge in [-0.25, -0.2) is 4.98 Å². The van der Waals surface area contributed by atoms with Crippen molar-refractivity contribution in [2.45, 2.75) is 44.6 Å². The molecule has 1 aromatic carbocycles. The predicted molar refractivity (Wildman–Crippen MR) is 134 cm³/mol. The fourth-order valence-electron chi connectivity index (χ4n) is 3.86. The summed E-state index contributed by atoms with van der Waals surface area (Å²) < 4.78 is 16.8. The normalized spacial score (nSPS) is 17.4. The van der Waals surface area contributed by atoms with Crippen LogP contribution in [-0.4, -0.2) is 44.5 Å². The highest BCUT2D eigenvalue weighted by Gasteiger charge is 2.35. The van der Waals surface area contributed by atoms with Gasteiger partial charge in [0.25, 0.3) is 0 Å². The molecule has 170 valence electrons. The number of aliphatic imine (C=N–C) groups is 1. The maximum absolute atomic E-state index is 5.66. The Morgan fingerprint density at radius 2 is 1.97 bits per heavy atom. The van der Waals surface area contributed by atoms with Gasteiger partial charge in [0.1, 0.15) is 5.01 Å². The molecule has 4 rings (SSSR count). The fraction of sp³-hybridized carbons (Fsp3) is 0.545. The van der Waals surface area contributed by atoms with Gasteiger partial charge in [0.05, 0.1) is 12.2 Å². The average Bonchev–Trinajstić information content (AvgIpc) is 3.43. The maximum Gasteiger partial charge on any atom is 0.231 e. The Kier molecular flexibility index (Phi) is 8.40. The molecule has 2 N–H and O–H groups in total. The highest BCUT2D eigenvalue weighted by Crippen LogP contribution is 2.40. The monoisotopic (exact) mass is 558 g/mol. The zero-order chi connectivity index (χ0) is 21.0. The van der Waals surface area contributed by atoms with E-state index in [4.69, 9.17) is 19.2 Å². The Morgan fingerprint density at radius 1 is 1.19 bits per heavy atom. The number of halogens is 1. The van der Waals surface area contributed by atoms with E-state index in [-0.39, 0.29) is 29.4 Å². The van der Waals surface area contributed by atoms with Gasteiger partial charge in [-0.3, -0.25) is 4.99 Å². The molecule has 0 amide bonds. The van der Waals surface area contributed by atoms with Crippen LogP contribution in [0.3, 0.4) is 0 Å². The first-order chi connectivity index (χ1) is 14.6. The lowest BCUT2D eigenvalue weighted by molar-refractivity contribution is 0.0513. The van der Waals surface area contributed by atoms with Crippen LogP contribution in [0.1, 0.15) is 48.9 Å². The summed E-state index contributed by atoms with van der Waals surface area (Å²) in [6.45, 7) is 7.55. The quantitative estimate of drug-likeness (QED) is 0.317. The van der Waals surface area contributed by atoms with Gasteiger partial charge >= 0.3 is 0 Å². The molecule has 0 aliphatic carbocycles. The van der Waals surface area contributed by atoms with E-state index in [9.17, 15) is 0 Å². The first-order valence-corrected chi connectivity index (χ1v) is 11.3. The summed E-state index contributed by atoms with van der Waals surface area (Å²) in [5, 5.41) is 10.1. The lowest BCUT2D eigenvalue weighted by atomic mass is 9.74. The van der Waals surface area contributed by atoms with Crippen LogP contribution in [0.25, 0.3) is 0 Å². The molecule has 0 unspecified atom stereocenters. The average molecular weight is 558 g/mol. The molecule has 7 nitrogen and oxygen atoms in total. The molecule has 1 aromatic heterocycles. The number of hydrogen-bond acceptors (Lipinski definition) is 6. The summed E-state index contributed by atoms with van der Waals surface area (Å²) in [4.78, 5) is 9.10. The Morgan fingerprint density at radius 3 is 2.68 bits per heavy atom. The van der Waals surface area contributed by atoms with Gasteiger partial charge in [-0.15, -0.1) is 35.3 Å². The highest BCUT2D eigenvalue weighted by molar-refractivity contribution is 14.0. The number of fused-ring (bicyclic) bond motifs is 1. The first-order valence-electron chi connectivity index (χ1n) is 10.5. The standard InChI is InChI=1S/C22H30N4O3S.HI/c1-15(2)17-12-30-20(26-17)11-24-21(23-3)25-13-22(6-8-27-9-7-22)16-4-5-18-19(10-16)29-14-28-18;/h4-5,10,12,15H,6-9,11,13-14H2,1-3H3,(H2,23,24,25);1H. The number of rotatable bonds is 6. The van der Waals surface area contributed by atoms with E-state index < -0.39 is 0 Å². The molecule has 9 heteroatoms. The van der Waals surface area contributed by atoms with Crippen molar-refractivity contribution in [3.63, 3.8) is 0 Å². The molecule has 2 aromatic rings. The molecule has 3 heterocycles. The van der Waals surface area contributed by atoms with Crippen LogP contribution in [0.15, 0.2) is 28.6 Å². The predicted octanol–water partition coefficient (Wildman–Crippen LogP) is 4.03. The highest BCUT2D eigenvalue weighted by atomic mass is 127. The lowest BCUT2D eigenvalue weighted by Crippen LogP contribution is -2.47. The van der Waals surface area contributed by atoms with E-state index in [0.717, 1.165) is 60.8 Å². The number of aromatic nitrogens is 1. The van der Waals surface area contributed by atoms with E-state index in [1.807, 2.05) is 6.07 Å². The van der Waals surface area contributed by atoms with Crippen molar-refractivity contribution in [1.29, 1.82) is 0 Å². The van der Waals surface area contributed by atoms with Crippen molar-refractivity contribution in [3.8, 4) is 11.5 Å². The van der Waals surface area contributed by atoms with Crippen molar-refractivity contribution < 1.29 is 14.2 Å². The molecular weight excluding hydrogens is 527 g/mol. The number of nitrogens with one attached hydrogen (secondary N) is 2. The second-order valence-corrected chi connectivity index (χ2v) is 9.00. The van der Waals surface area contributed by atoms with Gasteiger partial charge in [-0.1, -0.05) is 19.9 Å². The van der Waals surface area contributed by atoms with Crippen molar-refractivity contribution in [2.75, 3.05) is 33.6 Å². The van der Waals surface area contributed by atoms with Crippen LogP contribution in [0.2, 0.25) is 0 Å². The molecule has 2 aliphatic heterocycles. The topological polar surface area (TPSA) is 77.0 Å². The molecule has 1 saturated heterocycles. The van der Waals surface area contributed by atoms with Gasteiger partial charge in [-0.05, 0) is 36.5 Å². The Hall–Kier alpha value is -1.59. The minimum absolute atomic E-state index is 0. The largest absolute Gasteiger partial charge is 0.454 e. The first kappa shape index (κ1) is 24.1. The number of guanidine groups is 1. The summed E-state index contributed by atoms with van der Waals surface area (Å²) in [5.41, 5.74) is 2.35. The molecule has 0 bridgehead atoms. The van der Waals surface area contributed by atoms with Gasteiger partial charge in [0, 0.05) is 37.6 Å². The summed E-state index contributed by atoms with van der Waals surface area (Å²) >= 11 is 1.69. The van der Waals surface area contributed by atoms with Crippen LogP contribution in [-0.2, 0) is 16.7 Å². The van der Waals surface area contributed by atoms with Crippen molar-refractivity contribution in [3.05, 3.63) is 39.8 Å². The second-order valence-electron chi connectivity index (χ2n) is 8.06. The van der Waals surface area contributed by atoms with Crippen molar-refractivity contribution in [2.24, 2.45) is 4.99 Å². The fourth-order valence-corrected chi connectivity index (χ4v) is 4.76. The van der Waals surface area contributed by atoms with E-state index in [1.54, 1.807) is 18.4 Å². The minimum Gasteiger partial charge on any atom is -0.454 e. The Bertz CT molecular complexity index is 897. The zero-order valence-corrected chi connectivity index (χ0v) is 21.4. The van der Waals surface area contributed by atoms with Gasteiger partial charge in [-0.2, -0.15) is 0 Å². The summed E-state index contributed by atoms with van der Waals surface area (Å²) in [5.74, 6) is 2.87. The van der Waals surface area contributed by atoms with E-state index in [2.05, 4.69) is 47.0 Å². The summed E-state index contributed by atoms with van der Waals surface area (Å²) in [6, 6.07) is 6.28. The smallest absolute Gasteiger partial charge is 0.231 e. The summed E-state index contributed by atoms with van der Waals surface area (Å²) in [6.07, 6.45) is 1.89. The third-order valence-corrected chi connectivity index (χ3v) is 6.69. The third kappa shape index (κ3) is 5.61. The number of ether oxygens (including phenoxy) is 3. The number of benzene rings is 1. The van der Waals surface area contributed by atoms with Crippen LogP contribution in [0, 0.1) is 0 Å². The van der Waals surface area contributed by atoms with E-state index >= 15 is 0 Å². The van der Waals surface area contributed by atoms with Crippen LogP contribution >= 0.6 is 35.3 Å². The zero-order valence-electron chi connectivity index (χ0n) is 18.3. The van der Waals surface area contributed by atoms with Gasteiger partial charge in [0.15, 0.2) is 17.5 Å². The molecule has 1 fully saturated rings. The van der Waals surface area contributed by atoms with Gasteiger partial charge in [0.2, 0.25) is 6.79 Å². The molecule has 0 atom stereocenters. The number of nitrogens with zero attached hydrogens (tertiary/aromatic N) is 2. The van der Waals surface area contributed by atoms with Crippen molar-refractivity contribution in [1.82, 2.24) is 15.6 Å². The summed E-state index contributed by atoms with van der Waals surface area (Å²) in [7, 11) is 1.80. The Labute approximate surface area is 205 Å². The SMILES string of the molecule is CN=C(NCc1nc(C(C)C)cs1)NCC1(c2ccc3c(c2)OCO3)CCOCC1.I. The van der Waals surface area contributed by atoms with Gasteiger partial charge < -0.3 is 24.8 Å². The van der Waals surface area contributed by atoms with Crippen LogP contribution in [0.4, 0.5) is 0 Å². The van der Waals surface area contributed by atoms with Crippen LogP contribution < -0.4 is 20.1 Å². The van der Waals surface area contributed by atoms with E-state index in [0.29, 0.717) is 19.3 Å². The van der Waals surface area contributed by atoms with E-state index in [1.165, 1.54) is 5.56 Å². The maximum atomic E-state index is 5.66. The molecule has 0 radical (unpaired) electrons. The third-order valence-electron chi connectivity index (χ3n) is 5.82. The second kappa shape index (κ2) is 10.8. The molecule has 0 saturated carbocycles. The molecule has 2 aliphatic rings. The Balaban J connectivity index is 0.00000272. The number of hydrogen-bond donors (Lipinski definition) is 2. The molecule has 0 spiro atoms. The minimum atomic E-state index is -0.0388. The lowest BCUT2D eigenvalue weighted by Gasteiger charge is -2.38. The molecule has 31 heavy (non-hydrogen) atoms. The molecular formula is C22H31IN4O3S. The van der Waals surface area contributed by atoms with Crippen LogP contribution in [0.5, 0.6) is 11.5 Å².